The van der Waals surface area contributed by atoms with Crippen LogP contribution in [0.4, 0.5) is 0 Å². The molecule has 0 aliphatic rings. The van der Waals surface area contributed by atoms with Gasteiger partial charge in [0.2, 0.25) is 0 Å². The van der Waals surface area contributed by atoms with Crippen LogP contribution in [0, 0.1) is 13.8 Å². The summed E-state index contributed by atoms with van der Waals surface area (Å²) in [6.45, 7) is 8.56. The van der Waals surface area contributed by atoms with Gasteiger partial charge in [0, 0.05) is 0 Å². The molecule has 0 aromatic carbocycles. The number of aryl methyl sites for hydroxylation is 4. The van der Waals surface area contributed by atoms with Crippen LogP contribution in [0.3, 0.4) is 0 Å². The Bertz CT molecular complexity index is 299. The number of aromatic nitrogens is 2. The van der Waals surface area contributed by atoms with Crippen molar-refractivity contribution in [2.24, 2.45) is 0 Å². The van der Waals surface area contributed by atoms with E-state index >= 15 is 0 Å². The molecule has 0 atom stereocenters. The van der Waals surface area contributed by atoms with Gasteiger partial charge in [-0.3, -0.25) is 9.97 Å². The number of hydrogen-bond acceptors (Lipinski definition) is 2. The van der Waals surface area contributed by atoms with Gasteiger partial charge in [-0.05, 0) is 39.5 Å². The molecule has 2 nitrogen and oxygen atoms in total. The van der Waals surface area contributed by atoms with Crippen LogP contribution in [0.5, 0.6) is 0 Å². The molecule has 2 heteroatoms. The summed E-state index contributed by atoms with van der Waals surface area (Å²) in [5, 5.41) is 0. The number of hydrogen-bond donors (Lipinski definition) is 0. The van der Waals surface area contributed by atoms with Gasteiger partial charge in [0.25, 0.3) is 0 Å². The van der Waals surface area contributed by atoms with Gasteiger partial charge in [0.15, 0.2) is 0 Å². The Labute approximate surface area is 99.5 Å². The molecule has 1 aromatic heterocycles. The second-order valence-electron chi connectivity index (χ2n) is 4.49. The molecular weight excluding hydrogens is 196 g/mol. The normalized spacial score (nSPS) is 10.8. The summed E-state index contributed by atoms with van der Waals surface area (Å²) in [6, 6.07) is 0. The van der Waals surface area contributed by atoms with Crippen LogP contribution in [0.2, 0.25) is 0 Å². The van der Waals surface area contributed by atoms with E-state index in [0.29, 0.717) is 0 Å². The van der Waals surface area contributed by atoms with Gasteiger partial charge in [-0.1, -0.05) is 26.7 Å². The Morgan fingerprint density at radius 1 is 0.750 bits per heavy atom. The highest BCUT2D eigenvalue weighted by Gasteiger charge is 2.08. The zero-order valence-electron chi connectivity index (χ0n) is 11.1. The van der Waals surface area contributed by atoms with Crippen LogP contribution in [-0.2, 0) is 12.8 Å². The lowest BCUT2D eigenvalue weighted by Crippen LogP contribution is -2.06. The minimum absolute atomic E-state index is 1.09. The van der Waals surface area contributed by atoms with Gasteiger partial charge in [-0.2, -0.15) is 0 Å². The Hall–Kier alpha value is -0.920. The molecular formula is C14H24N2. The van der Waals surface area contributed by atoms with Crippen molar-refractivity contribution >= 4 is 0 Å². The van der Waals surface area contributed by atoms with Crippen LogP contribution in [0.25, 0.3) is 0 Å². The zero-order chi connectivity index (χ0) is 12.0. The van der Waals surface area contributed by atoms with E-state index in [0.717, 1.165) is 24.2 Å². The molecule has 0 aliphatic carbocycles. The molecule has 1 aromatic rings. The van der Waals surface area contributed by atoms with Gasteiger partial charge in [0.05, 0.1) is 22.8 Å². The molecule has 0 fully saturated rings. The SMILES string of the molecule is CCCCc1nc(C)c(C)nc1CCCC. The summed E-state index contributed by atoms with van der Waals surface area (Å²) in [7, 11) is 0. The van der Waals surface area contributed by atoms with Crippen molar-refractivity contribution in [3.8, 4) is 0 Å². The lowest BCUT2D eigenvalue weighted by molar-refractivity contribution is 0.713. The van der Waals surface area contributed by atoms with Crippen LogP contribution in [0.1, 0.15) is 62.3 Å². The fourth-order valence-corrected chi connectivity index (χ4v) is 1.78. The second kappa shape index (κ2) is 6.62. The third-order valence-corrected chi connectivity index (χ3v) is 3.00. The maximum Gasteiger partial charge on any atom is 0.0622 e. The molecule has 0 aliphatic heterocycles. The highest BCUT2D eigenvalue weighted by atomic mass is 14.8. The molecule has 0 bridgehead atoms. The van der Waals surface area contributed by atoms with E-state index in [1.54, 1.807) is 0 Å². The van der Waals surface area contributed by atoms with Crippen molar-refractivity contribution in [2.75, 3.05) is 0 Å². The van der Waals surface area contributed by atoms with E-state index < -0.39 is 0 Å². The van der Waals surface area contributed by atoms with Crippen LogP contribution in [-0.4, -0.2) is 9.97 Å². The summed E-state index contributed by atoms with van der Waals surface area (Å²) in [5.41, 5.74) is 4.65. The molecule has 16 heavy (non-hydrogen) atoms. The molecule has 0 amide bonds. The summed E-state index contributed by atoms with van der Waals surface area (Å²) < 4.78 is 0. The topological polar surface area (TPSA) is 25.8 Å². The third-order valence-electron chi connectivity index (χ3n) is 3.00. The first-order valence-corrected chi connectivity index (χ1v) is 6.52. The maximum absolute atomic E-state index is 4.70. The standard InChI is InChI=1S/C14H24N2/c1-5-7-9-13-14(10-8-6-2)16-12(4)11(3)15-13/h5-10H2,1-4H3. The fourth-order valence-electron chi connectivity index (χ4n) is 1.78. The largest absolute Gasteiger partial charge is 0.254 e. The van der Waals surface area contributed by atoms with E-state index in [4.69, 9.17) is 9.97 Å². The molecule has 1 rings (SSSR count). The van der Waals surface area contributed by atoms with Crippen molar-refractivity contribution in [3.63, 3.8) is 0 Å². The maximum atomic E-state index is 4.70. The molecule has 0 unspecified atom stereocenters. The van der Waals surface area contributed by atoms with Crippen molar-refractivity contribution < 1.29 is 0 Å². The van der Waals surface area contributed by atoms with Crippen molar-refractivity contribution in [2.45, 2.75) is 66.2 Å². The Kier molecular flexibility index (Phi) is 5.44. The molecule has 0 saturated heterocycles. The van der Waals surface area contributed by atoms with Crippen molar-refractivity contribution in [1.82, 2.24) is 9.97 Å². The number of nitrogens with zero attached hydrogens (tertiary/aromatic N) is 2. The average Bonchev–Trinajstić information content (AvgIpc) is 2.28. The van der Waals surface area contributed by atoms with Gasteiger partial charge < -0.3 is 0 Å². The smallest absolute Gasteiger partial charge is 0.0622 e. The monoisotopic (exact) mass is 220 g/mol. The van der Waals surface area contributed by atoms with Gasteiger partial charge in [0.1, 0.15) is 0 Å². The van der Waals surface area contributed by atoms with Gasteiger partial charge >= 0.3 is 0 Å². The fraction of sp³-hybridized carbons (Fsp3) is 0.714. The zero-order valence-corrected chi connectivity index (χ0v) is 11.1. The quantitative estimate of drug-likeness (QED) is 0.729. The number of rotatable bonds is 6. The Morgan fingerprint density at radius 3 is 1.44 bits per heavy atom. The summed E-state index contributed by atoms with van der Waals surface area (Å²) in [5.74, 6) is 0. The first-order chi connectivity index (χ1) is 7.69. The van der Waals surface area contributed by atoms with Crippen LogP contribution in [0.15, 0.2) is 0 Å². The predicted octanol–water partition coefficient (Wildman–Crippen LogP) is 3.78. The first-order valence-electron chi connectivity index (χ1n) is 6.52. The minimum atomic E-state index is 1.09. The molecule has 1 heterocycles. The summed E-state index contributed by atoms with van der Waals surface area (Å²) >= 11 is 0. The Balaban J connectivity index is 2.87. The van der Waals surface area contributed by atoms with Crippen molar-refractivity contribution in [1.29, 1.82) is 0 Å². The van der Waals surface area contributed by atoms with Crippen LogP contribution < -0.4 is 0 Å². The van der Waals surface area contributed by atoms with Crippen LogP contribution >= 0.6 is 0 Å². The average molecular weight is 220 g/mol. The van der Waals surface area contributed by atoms with E-state index in [-0.39, 0.29) is 0 Å². The summed E-state index contributed by atoms with van der Waals surface area (Å²) in [6.07, 6.45) is 7.06. The van der Waals surface area contributed by atoms with E-state index in [9.17, 15) is 0 Å². The number of unbranched alkanes of at least 4 members (excludes halogenated alkanes) is 2. The van der Waals surface area contributed by atoms with E-state index in [1.165, 1.54) is 37.1 Å². The third kappa shape index (κ3) is 3.58. The molecule has 0 spiro atoms. The lowest BCUT2D eigenvalue weighted by atomic mass is 10.1. The van der Waals surface area contributed by atoms with E-state index in [2.05, 4.69) is 27.7 Å². The first kappa shape index (κ1) is 13.1. The van der Waals surface area contributed by atoms with Gasteiger partial charge in [-0.25, -0.2) is 0 Å². The summed E-state index contributed by atoms with van der Waals surface area (Å²) in [4.78, 5) is 9.40. The highest BCUT2D eigenvalue weighted by molar-refractivity contribution is 5.19. The predicted molar refractivity (Wildman–Crippen MR) is 68.7 cm³/mol. The molecule has 90 valence electrons. The Morgan fingerprint density at radius 2 is 1.12 bits per heavy atom. The van der Waals surface area contributed by atoms with Gasteiger partial charge in [-0.15, -0.1) is 0 Å². The highest BCUT2D eigenvalue weighted by Crippen LogP contribution is 2.13. The molecule has 0 N–H and O–H groups in total. The van der Waals surface area contributed by atoms with Crippen molar-refractivity contribution in [3.05, 3.63) is 22.8 Å². The second-order valence-corrected chi connectivity index (χ2v) is 4.49. The lowest BCUT2D eigenvalue weighted by Gasteiger charge is -2.10. The minimum Gasteiger partial charge on any atom is -0.254 e. The molecule has 0 saturated carbocycles. The van der Waals surface area contributed by atoms with E-state index in [1.807, 2.05) is 0 Å². The molecule has 0 radical (unpaired) electrons.